The van der Waals surface area contributed by atoms with Crippen molar-refractivity contribution in [1.29, 1.82) is 0 Å². The minimum atomic E-state index is -0.386. The molecule has 5 nitrogen and oxygen atoms in total. The molecule has 0 unspecified atom stereocenters. The first-order chi connectivity index (χ1) is 9.31. The van der Waals surface area contributed by atoms with Crippen molar-refractivity contribution in [2.75, 3.05) is 19.7 Å². The van der Waals surface area contributed by atoms with E-state index in [1.807, 2.05) is 0 Å². The maximum atomic E-state index is 10.6. The number of nitro groups is 1. The van der Waals surface area contributed by atoms with Crippen LogP contribution in [0.5, 0.6) is 0 Å². The molecule has 112 valence electrons. The number of nitro benzene ring substituents is 1. The second kappa shape index (κ2) is 7.36. The van der Waals surface area contributed by atoms with Gasteiger partial charge in [-0.1, -0.05) is 32.9 Å². The maximum Gasteiger partial charge on any atom is 0.269 e. The molecule has 0 aliphatic heterocycles. The molecule has 1 aromatic rings. The summed E-state index contributed by atoms with van der Waals surface area (Å²) in [7, 11) is 0. The average Bonchev–Trinajstić information content (AvgIpc) is 2.35. The molecule has 0 aliphatic rings. The van der Waals surface area contributed by atoms with Crippen LogP contribution in [0.2, 0.25) is 0 Å². The van der Waals surface area contributed by atoms with Crippen molar-refractivity contribution in [2.24, 2.45) is 5.41 Å². The number of aliphatic hydroxyl groups excluding tert-OH is 1. The van der Waals surface area contributed by atoms with Crippen molar-refractivity contribution in [2.45, 2.75) is 33.7 Å². The molecule has 0 saturated carbocycles. The second-order valence-electron chi connectivity index (χ2n) is 6.27. The van der Waals surface area contributed by atoms with E-state index in [1.54, 1.807) is 12.1 Å². The lowest BCUT2D eigenvalue weighted by Gasteiger charge is -2.29. The monoisotopic (exact) mass is 280 g/mol. The number of hydrogen-bond acceptors (Lipinski definition) is 4. The van der Waals surface area contributed by atoms with Gasteiger partial charge < -0.3 is 5.11 Å². The predicted molar refractivity (Wildman–Crippen MR) is 79.5 cm³/mol. The quantitative estimate of drug-likeness (QED) is 0.616. The Balaban J connectivity index is 2.70. The van der Waals surface area contributed by atoms with E-state index in [9.17, 15) is 10.1 Å². The molecular formula is C15H24N2O3. The highest BCUT2D eigenvalue weighted by Crippen LogP contribution is 2.19. The van der Waals surface area contributed by atoms with Crippen LogP contribution in [0.25, 0.3) is 0 Å². The molecule has 0 spiro atoms. The number of aliphatic hydroxyl groups is 1. The van der Waals surface area contributed by atoms with Gasteiger partial charge in [-0.05, 0) is 17.4 Å². The molecule has 1 aromatic carbocycles. The SMILES string of the molecule is CC(C)(C)CN(CCCO)Cc1ccc([N+](=O)[O-])cc1. The van der Waals surface area contributed by atoms with E-state index < -0.39 is 0 Å². The number of rotatable bonds is 7. The van der Waals surface area contributed by atoms with Crippen molar-refractivity contribution < 1.29 is 10.0 Å². The molecule has 0 saturated heterocycles. The van der Waals surface area contributed by atoms with Crippen molar-refractivity contribution in [3.63, 3.8) is 0 Å². The zero-order chi connectivity index (χ0) is 15.2. The molecule has 0 aliphatic carbocycles. The number of hydrogen-bond donors (Lipinski definition) is 1. The first-order valence-corrected chi connectivity index (χ1v) is 6.88. The third kappa shape index (κ3) is 6.12. The molecule has 0 atom stereocenters. The Hall–Kier alpha value is -1.46. The van der Waals surface area contributed by atoms with Gasteiger partial charge >= 0.3 is 0 Å². The molecule has 5 heteroatoms. The summed E-state index contributed by atoms with van der Waals surface area (Å²) in [5, 5.41) is 19.6. The van der Waals surface area contributed by atoms with Crippen LogP contribution in [0.4, 0.5) is 5.69 Å². The van der Waals surface area contributed by atoms with Gasteiger partial charge in [-0.2, -0.15) is 0 Å². The minimum Gasteiger partial charge on any atom is -0.396 e. The fourth-order valence-corrected chi connectivity index (χ4v) is 2.16. The molecular weight excluding hydrogens is 256 g/mol. The van der Waals surface area contributed by atoms with Gasteiger partial charge in [-0.25, -0.2) is 0 Å². The van der Waals surface area contributed by atoms with Gasteiger partial charge in [0.05, 0.1) is 4.92 Å². The van der Waals surface area contributed by atoms with Gasteiger partial charge in [-0.15, -0.1) is 0 Å². The van der Waals surface area contributed by atoms with Gasteiger partial charge in [0.2, 0.25) is 0 Å². The normalized spacial score (nSPS) is 11.8. The fraction of sp³-hybridized carbons (Fsp3) is 0.600. The van der Waals surface area contributed by atoms with Crippen LogP contribution in [0.3, 0.4) is 0 Å². The van der Waals surface area contributed by atoms with Gasteiger partial charge in [0.25, 0.3) is 5.69 Å². The molecule has 1 N–H and O–H groups in total. The molecule has 0 aromatic heterocycles. The van der Waals surface area contributed by atoms with Crippen LogP contribution in [-0.2, 0) is 6.54 Å². The van der Waals surface area contributed by atoms with Crippen LogP contribution in [-0.4, -0.2) is 34.6 Å². The Bertz CT molecular complexity index is 424. The third-order valence-electron chi connectivity index (χ3n) is 2.88. The topological polar surface area (TPSA) is 66.6 Å². The van der Waals surface area contributed by atoms with Crippen LogP contribution >= 0.6 is 0 Å². The van der Waals surface area contributed by atoms with Crippen LogP contribution in [0.1, 0.15) is 32.8 Å². The van der Waals surface area contributed by atoms with E-state index in [0.717, 1.165) is 31.6 Å². The molecule has 0 amide bonds. The summed E-state index contributed by atoms with van der Waals surface area (Å²) in [5.74, 6) is 0. The lowest BCUT2D eigenvalue weighted by Crippen LogP contribution is -2.33. The van der Waals surface area contributed by atoms with Crippen molar-refractivity contribution in [3.8, 4) is 0 Å². The summed E-state index contributed by atoms with van der Waals surface area (Å²) in [4.78, 5) is 12.5. The van der Waals surface area contributed by atoms with E-state index in [-0.39, 0.29) is 22.6 Å². The molecule has 1 rings (SSSR count). The van der Waals surface area contributed by atoms with E-state index >= 15 is 0 Å². The summed E-state index contributed by atoms with van der Waals surface area (Å²) in [6.07, 6.45) is 0.739. The first-order valence-electron chi connectivity index (χ1n) is 6.88. The van der Waals surface area contributed by atoms with E-state index in [2.05, 4.69) is 25.7 Å². The Morgan fingerprint density at radius 2 is 1.85 bits per heavy atom. The maximum absolute atomic E-state index is 10.6. The lowest BCUT2D eigenvalue weighted by atomic mass is 9.95. The lowest BCUT2D eigenvalue weighted by molar-refractivity contribution is -0.384. The van der Waals surface area contributed by atoms with Crippen molar-refractivity contribution in [3.05, 3.63) is 39.9 Å². The molecule has 20 heavy (non-hydrogen) atoms. The molecule has 0 radical (unpaired) electrons. The predicted octanol–water partition coefficient (Wildman–Crippen LogP) is 2.83. The standard InChI is InChI=1S/C15H24N2O3/c1-15(2,3)12-16(9-4-10-18)11-13-5-7-14(8-6-13)17(19)20/h5-8,18H,4,9-12H2,1-3H3. The van der Waals surface area contributed by atoms with Gasteiger partial charge in [0.15, 0.2) is 0 Å². The van der Waals surface area contributed by atoms with E-state index in [0.29, 0.717) is 0 Å². The molecule has 0 fully saturated rings. The van der Waals surface area contributed by atoms with Gasteiger partial charge in [0.1, 0.15) is 0 Å². The first kappa shape index (κ1) is 16.6. The smallest absolute Gasteiger partial charge is 0.269 e. The Kier molecular flexibility index (Phi) is 6.10. The molecule has 0 bridgehead atoms. The van der Waals surface area contributed by atoms with Crippen LogP contribution in [0, 0.1) is 15.5 Å². The number of nitrogens with zero attached hydrogens (tertiary/aromatic N) is 2. The number of non-ortho nitro benzene ring substituents is 1. The highest BCUT2D eigenvalue weighted by Gasteiger charge is 2.16. The highest BCUT2D eigenvalue weighted by atomic mass is 16.6. The van der Waals surface area contributed by atoms with Gasteiger partial charge in [-0.3, -0.25) is 15.0 Å². The van der Waals surface area contributed by atoms with Crippen molar-refractivity contribution in [1.82, 2.24) is 4.90 Å². The Morgan fingerprint density at radius 3 is 2.30 bits per heavy atom. The third-order valence-corrected chi connectivity index (χ3v) is 2.88. The fourth-order valence-electron chi connectivity index (χ4n) is 2.16. The van der Waals surface area contributed by atoms with Gasteiger partial charge in [0, 0.05) is 38.4 Å². The largest absolute Gasteiger partial charge is 0.396 e. The zero-order valence-corrected chi connectivity index (χ0v) is 12.5. The second-order valence-corrected chi connectivity index (χ2v) is 6.27. The van der Waals surface area contributed by atoms with Crippen LogP contribution in [0.15, 0.2) is 24.3 Å². The minimum absolute atomic E-state index is 0.117. The summed E-state index contributed by atoms with van der Waals surface area (Å²) in [5.41, 5.74) is 1.35. The summed E-state index contributed by atoms with van der Waals surface area (Å²) in [6.45, 7) is 9.20. The zero-order valence-electron chi connectivity index (χ0n) is 12.5. The summed E-state index contributed by atoms with van der Waals surface area (Å²) < 4.78 is 0. The van der Waals surface area contributed by atoms with Crippen molar-refractivity contribution >= 4 is 5.69 Å². The molecule has 0 heterocycles. The highest BCUT2D eigenvalue weighted by molar-refractivity contribution is 5.32. The Morgan fingerprint density at radius 1 is 1.25 bits per heavy atom. The summed E-state index contributed by atoms with van der Waals surface area (Å²) in [6, 6.07) is 6.67. The van der Waals surface area contributed by atoms with Crippen LogP contribution < -0.4 is 0 Å². The number of benzene rings is 1. The average molecular weight is 280 g/mol. The van der Waals surface area contributed by atoms with E-state index in [4.69, 9.17) is 5.11 Å². The summed E-state index contributed by atoms with van der Waals surface area (Å²) >= 11 is 0. The van der Waals surface area contributed by atoms with E-state index in [1.165, 1.54) is 12.1 Å². The Labute approximate surface area is 120 Å².